The van der Waals surface area contributed by atoms with Crippen LogP contribution in [0.2, 0.25) is 0 Å². The molecule has 0 radical (unpaired) electrons. The minimum absolute atomic E-state index is 0.0188. The summed E-state index contributed by atoms with van der Waals surface area (Å²) in [5.41, 5.74) is -6.93. The van der Waals surface area contributed by atoms with Crippen molar-refractivity contribution >= 4 is 43.6 Å². The first-order valence-corrected chi connectivity index (χ1v) is 16.4. The van der Waals surface area contributed by atoms with Gasteiger partial charge < -0.3 is 9.13 Å². The summed E-state index contributed by atoms with van der Waals surface area (Å²) in [6.45, 7) is 0. The fourth-order valence-corrected chi connectivity index (χ4v) is 7.30. The molecule has 56 heavy (non-hydrogen) atoms. The quantitative estimate of drug-likeness (QED) is 0.164. The van der Waals surface area contributed by atoms with Crippen LogP contribution in [-0.2, 0) is 24.7 Å². The first-order valence-electron chi connectivity index (χ1n) is 16.4. The van der Waals surface area contributed by atoms with Crippen LogP contribution >= 0.6 is 0 Å². The Hall–Kier alpha value is -6.43. The Morgan fingerprint density at radius 2 is 0.804 bits per heavy atom. The Morgan fingerprint density at radius 3 is 1.21 bits per heavy atom. The minimum atomic E-state index is -5.43. The van der Waals surface area contributed by atoms with E-state index in [0.29, 0.717) is 12.1 Å². The molecule has 15 heteroatoms. The third kappa shape index (κ3) is 5.87. The van der Waals surface area contributed by atoms with Crippen molar-refractivity contribution in [1.82, 2.24) is 9.13 Å². The highest BCUT2D eigenvalue weighted by atomic mass is 19.4. The second-order valence-corrected chi connectivity index (χ2v) is 12.9. The summed E-state index contributed by atoms with van der Waals surface area (Å²) in [6, 6.07) is 22.7. The number of aromatic nitrogens is 2. The summed E-state index contributed by atoms with van der Waals surface area (Å²) in [6.07, 6.45) is -20.2. The van der Waals surface area contributed by atoms with Gasteiger partial charge in [0.25, 0.3) is 0 Å². The number of rotatable bonds is 3. The van der Waals surface area contributed by atoms with Gasteiger partial charge in [-0.05, 0) is 78.4 Å². The number of alkyl halides is 12. The van der Waals surface area contributed by atoms with Gasteiger partial charge in [-0.15, -0.1) is 0 Å². The molecule has 0 fully saturated rings. The zero-order valence-corrected chi connectivity index (χ0v) is 27.8. The van der Waals surface area contributed by atoms with Crippen LogP contribution in [0.25, 0.3) is 66.1 Å². The van der Waals surface area contributed by atoms with E-state index in [1.807, 2.05) is 6.07 Å². The highest BCUT2D eigenvalue weighted by molar-refractivity contribution is 6.12. The van der Waals surface area contributed by atoms with Crippen LogP contribution in [-0.4, -0.2) is 9.13 Å². The van der Waals surface area contributed by atoms with Crippen molar-refractivity contribution in [2.24, 2.45) is 0 Å². The van der Waals surface area contributed by atoms with Crippen LogP contribution in [0.4, 0.5) is 52.7 Å². The Morgan fingerprint density at radius 1 is 0.411 bits per heavy atom. The number of halogens is 12. The maximum absolute atomic E-state index is 15.1. The van der Waals surface area contributed by atoms with Crippen molar-refractivity contribution in [1.29, 1.82) is 5.26 Å². The third-order valence-electron chi connectivity index (χ3n) is 9.63. The van der Waals surface area contributed by atoms with E-state index in [-0.39, 0.29) is 66.6 Å². The molecular weight excluding hydrogens is 762 g/mol. The topological polar surface area (TPSA) is 33.6 Å². The number of para-hydroxylation sites is 2. The van der Waals surface area contributed by atoms with Crippen molar-refractivity contribution in [3.63, 3.8) is 0 Å². The molecule has 0 bridgehead atoms. The predicted molar refractivity (Wildman–Crippen MR) is 185 cm³/mol. The SMILES string of the molecule is N#Cc1cc(-n2c3ccccc3c3cc(C(F)(F)F)ccc32)c(-c2ccc(C(F)(F)F)cc2C(F)(F)F)c(-n2c3ccccc3c3cc(C(F)(F)F)ccc32)c1. The number of hydrogen-bond acceptors (Lipinski definition) is 1. The Kier molecular flexibility index (Phi) is 8.02. The molecule has 2 heterocycles. The van der Waals surface area contributed by atoms with Gasteiger partial charge in [-0.2, -0.15) is 57.9 Å². The summed E-state index contributed by atoms with van der Waals surface area (Å²) < 4.78 is 173. The van der Waals surface area contributed by atoms with Gasteiger partial charge in [-0.1, -0.05) is 42.5 Å². The second kappa shape index (κ2) is 12.3. The van der Waals surface area contributed by atoms with Crippen LogP contribution in [0.3, 0.4) is 0 Å². The molecule has 0 saturated carbocycles. The fourth-order valence-electron chi connectivity index (χ4n) is 7.30. The van der Waals surface area contributed by atoms with E-state index < -0.39 is 58.1 Å². The lowest BCUT2D eigenvalue weighted by Crippen LogP contribution is -2.14. The van der Waals surface area contributed by atoms with Gasteiger partial charge in [-0.3, -0.25) is 0 Å². The maximum Gasteiger partial charge on any atom is 0.417 e. The molecule has 0 aliphatic carbocycles. The van der Waals surface area contributed by atoms with Crippen molar-refractivity contribution < 1.29 is 52.7 Å². The van der Waals surface area contributed by atoms with Gasteiger partial charge in [0.1, 0.15) is 0 Å². The maximum atomic E-state index is 15.1. The van der Waals surface area contributed by atoms with Crippen molar-refractivity contribution in [2.75, 3.05) is 0 Å². The van der Waals surface area contributed by atoms with Crippen LogP contribution in [0.1, 0.15) is 27.8 Å². The lowest BCUT2D eigenvalue weighted by molar-refractivity contribution is -0.143. The molecule has 2 aromatic heterocycles. The zero-order chi connectivity index (χ0) is 40.1. The second-order valence-electron chi connectivity index (χ2n) is 12.9. The van der Waals surface area contributed by atoms with Crippen LogP contribution in [0, 0.1) is 11.3 Å². The lowest BCUT2D eigenvalue weighted by Gasteiger charge is -2.24. The van der Waals surface area contributed by atoms with Crippen LogP contribution in [0.5, 0.6) is 0 Å². The van der Waals surface area contributed by atoms with E-state index in [9.17, 15) is 44.8 Å². The monoisotopic (exact) mass is 781 g/mol. The van der Waals surface area contributed by atoms with E-state index in [1.165, 1.54) is 57.7 Å². The zero-order valence-electron chi connectivity index (χ0n) is 27.8. The van der Waals surface area contributed by atoms with Crippen molar-refractivity contribution in [3.8, 4) is 28.6 Å². The molecule has 8 aromatic rings. The minimum Gasteiger partial charge on any atom is -0.308 e. The smallest absolute Gasteiger partial charge is 0.308 e. The number of nitrogens with zero attached hydrogens (tertiary/aromatic N) is 3. The summed E-state index contributed by atoms with van der Waals surface area (Å²) in [7, 11) is 0. The summed E-state index contributed by atoms with van der Waals surface area (Å²) in [4.78, 5) is 0. The molecule has 0 unspecified atom stereocenters. The van der Waals surface area contributed by atoms with Gasteiger partial charge in [0, 0.05) is 27.1 Å². The first kappa shape index (κ1) is 36.5. The average molecular weight is 782 g/mol. The Labute approximate surface area is 306 Å². The molecule has 282 valence electrons. The van der Waals surface area contributed by atoms with Gasteiger partial charge >= 0.3 is 24.7 Å². The number of nitriles is 1. The number of benzene rings is 6. The molecule has 3 nitrogen and oxygen atoms in total. The predicted octanol–water partition coefficient (Wildman–Crippen LogP) is 13.5. The first-order chi connectivity index (χ1) is 26.3. The summed E-state index contributed by atoms with van der Waals surface area (Å²) in [5.74, 6) is 0. The molecule has 0 amide bonds. The van der Waals surface area contributed by atoms with Gasteiger partial charge in [0.05, 0.1) is 67.3 Å². The summed E-state index contributed by atoms with van der Waals surface area (Å²) in [5, 5.41) is 10.8. The molecule has 0 N–H and O–H groups in total. The molecule has 6 aromatic carbocycles. The Bertz CT molecular complexity index is 2780. The van der Waals surface area contributed by atoms with Gasteiger partial charge in [-0.25, -0.2) is 0 Å². The molecule has 0 aliphatic heterocycles. The number of fused-ring (bicyclic) bond motifs is 6. The van der Waals surface area contributed by atoms with E-state index >= 15 is 13.2 Å². The molecule has 0 atom stereocenters. The van der Waals surface area contributed by atoms with Crippen LogP contribution < -0.4 is 0 Å². The molecule has 0 saturated heterocycles. The largest absolute Gasteiger partial charge is 0.417 e. The highest BCUT2D eigenvalue weighted by Crippen LogP contribution is 2.48. The van der Waals surface area contributed by atoms with E-state index in [1.54, 1.807) is 0 Å². The normalized spacial score (nSPS) is 13.0. The van der Waals surface area contributed by atoms with E-state index in [0.717, 1.165) is 48.5 Å². The van der Waals surface area contributed by atoms with Crippen LogP contribution in [0.15, 0.2) is 115 Å². The third-order valence-corrected chi connectivity index (χ3v) is 9.63. The fraction of sp³-hybridized carbons (Fsp3) is 0.0976. The molecule has 0 spiro atoms. The van der Waals surface area contributed by atoms with E-state index in [4.69, 9.17) is 0 Å². The number of hydrogen-bond donors (Lipinski definition) is 0. The lowest BCUT2D eigenvalue weighted by atomic mass is 9.92. The standard InChI is InChI=1S/C41H19F12N3/c42-38(43,44)22-10-13-33-28(17-22)25-5-1-3-7-31(25)55(33)35-15-21(20-54)16-36(37(35)27-12-9-24(40(48,49)50)19-30(27)41(51,52)53)56-32-8-4-2-6-26(32)29-18-23(39(45,46)47)11-14-34(29)56/h1-19H. The van der Waals surface area contributed by atoms with Crippen molar-refractivity contribution in [3.05, 3.63) is 143 Å². The highest BCUT2D eigenvalue weighted by Gasteiger charge is 2.40. The van der Waals surface area contributed by atoms with Crippen molar-refractivity contribution in [2.45, 2.75) is 24.7 Å². The molecular formula is C41H19F12N3. The molecule has 8 rings (SSSR count). The van der Waals surface area contributed by atoms with E-state index in [2.05, 4.69) is 0 Å². The summed E-state index contributed by atoms with van der Waals surface area (Å²) >= 11 is 0. The molecule has 0 aliphatic rings. The Balaban J connectivity index is 1.61. The van der Waals surface area contributed by atoms with Gasteiger partial charge in [0.15, 0.2) is 0 Å². The average Bonchev–Trinajstić information content (AvgIpc) is 3.65. The van der Waals surface area contributed by atoms with Gasteiger partial charge in [0.2, 0.25) is 0 Å².